The Balaban J connectivity index is 2.05. The minimum atomic E-state index is 0.178. The van der Waals surface area contributed by atoms with Crippen LogP contribution in [-0.4, -0.2) is 26.8 Å². The molecular formula is C15H23N3S. The highest BCUT2D eigenvalue weighted by Crippen LogP contribution is 2.20. The molecule has 2 unspecified atom stereocenters. The van der Waals surface area contributed by atoms with Gasteiger partial charge in [-0.1, -0.05) is 32.0 Å². The largest absolute Gasteiger partial charge is 0.327 e. The summed E-state index contributed by atoms with van der Waals surface area (Å²) in [6.07, 6.45) is 2.05. The molecule has 0 bridgehead atoms. The lowest BCUT2D eigenvalue weighted by atomic mass is 10.1. The van der Waals surface area contributed by atoms with E-state index in [0.717, 1.165) is 17.9 Å². The van der Waals surface area contributed by atoms with Crippen molar-refractivity contribution in [1.82, 2.24) is 9.78 Å². The molecule has 0 aliphatic rings. The molecule has 0 aliphatic heterocycles. The number of hydrogen-bond acceptors (Lipinski definition) is 3. The van der Waals surface area contributed by atoms with Gasteiger partial charge < -0.3 is 5.73 Å². The Morgan fingerprint density at radius 3 is 2.84 bits per heavy atom. The first-order valence-electron chi connectivity index (χ1n) is 6.89. The van der Waals surface area contributed by atoms with Gasteiger partial charge in [0, 0.05) is 35.9 Å². The van der Waals surface area contributed by atoms with Crippen LogP contribution in [0.25, 0.3) is 10.9 Å². The molecule has 2 atom stereocenters. The normalized spacial score (nSPS) is 14.7. The van der Waals surface area contributed by atoms with Crippen LogP contribution in [-0.2, 0) is 13.5 Å². The predicted molar refractivity (Wildman–Crippen MR) is 84.6 cm³/mol. The van der Waals surface area contributed by atoms with Crippen LogP contribution in [0.15, 0.2) is 24.3 Å². The maximum absolute atomic E-state index is 6.24. The number of fused-ring (bicyclic) bond motifs is 1. The number of rotatable bonds is 6. The molecule has 0 fully saturated rings. The molecule has 0 aliphatic carbocycles. The van der Waals surface area contributed by atoms with Crippen molar-refractivity contribution in [2.75, 3.05) is 5.75 Å². The molecule has 2 rings (SSSR count). The van der Waals surface area contributed by atoms with Crippen molar-refractivity contribution in [3.8, 4) is 0 Å². The highest BCUT2D eigenvalue weighted by Gasteiger charge is 2.13. The lowest BCUT2D eigenvalue weighted by molar-refractivity contribution is 0.698. The van der Waals surface area contributed by atoms with Crippen molar-refractivity contribution in [1.29, 1.82) is 0 Å². The molecule has 0 radical (unpaired) electrons. The van der Waals surface area contributed by atoms with Crippen LogP contribution in [0.4, 0.5) is 0 Å². The van der Waals surface area contributed by atoms with E-state index in [1.807, 2.05) is 29.6 Å². The Morgan fingerprint density at radius 2 is 2.11 bits per heavy atom. The first-order chi connectivity index (χ1) is 9.11. The van der Waals surface area contributed by atoms with Crippen LogP contribution in [0, 0.1) is 0 Å². The lowest BCUT2D eigenvalue weighted by Crippen LogP contribution is -2.26. The zero-order valence-electron chi connectivity index (χ0n) is 12.0. The Hall–Kier alpha value is -1.00. The number of thioether (sulfide) groups is 1. The summed E-state index contributed by atoms with van der Waals surface area (Å²) < 4.78 is 1.94. The van der Waals surface area contributed by atoms with Gasteiger partial charge in [0.25, 0.3) is 0 Å². The third-order valence-corrected chi connectivity index (χ3v) is 4.98. The van der Waals surface area contributed by atoms with Crippen LogP contribution >= 0.6 is 11.8 Å². The fraction of sp³-hybridized carbons (Fsp3) is 0.533. The van der Waals surface area contributed by atoms with Gasteiger partial charge >= 0.3 is 0 Å². The molecule has 1 aromatic heterocycles. The molecule has 0 saturated carbocycles. The minimum absolute atomic E-state index is 0.178. The van der Waals surface area contributed by atoms with Gasteiger partial charge in [0.05, 0.1) is 11.2 Å². The molecule has 3 nitrogen and oxygen atoms in total. The highest BCUT2D eigenvalue weighted by atomic mass is 32.2. The Kier molecular flexibility index (Phi) is 4.88. The first kappa shape index (κ1) is 14.4. The summed E-state index contributed by atoms with van der Waals surface area (Å²) in [5.41, 5.74) is 8.54. The summed E-state index contributed by atoms with van der Waals surface area (Å²) >= 11 is 1.96. The van der Waals surface area contributed by atoms with Gasteiger partial charge in [-0.2, -0.15) is 16.9 Å². The van der Waals surface area contributed by atoms with E-state index in [2.05, 4.69) is 37.1 Å². The number of aromatic nitrogens is 2. The van der Waals surface area contributed by atoms with E-state index in [1.54, 1.807) is 0 Å². The number of nitrogens with zero attached hydrogens (tertiary/aromatic N) is 2. The molecule has 0 saturated heterocycles. The maximum atomic E-state index is 6.24. The molecular weight excluding hydrogens is 254 g/mol. The van der Waals surface area contributed by atoms with Gasteiger partial charge in [0.15, 0.2) is 0 Å². The van der Waals surface area contributed by atoms with E-state index in [1.165, 1.54) is 17.3 Å². The highest BCUT2D eigenvalue weighted by molar-refractivity contribution is 7.99. The van der Waals surface area contributed by atoms with E-state index >= 15 is 0 Å². The zero-order chi connectivity index (χ0) is 13.8. The van der Waals surface area contributed by atoms with Gasteiger partial charge in [-0.25, -0.2) is 0 Å². The second-order valence-corrected chi connectivity index (χ2v) is 6.58. The van der Waals surface area contributed by atoms with Gasteiger partial charge in [0.2, 0.25) is 0 Å². The van der Waals surface area contributed by atoms with Crippen molar-refractivity contribution in [2.24, 2.45) is 12.8 Å². The van der Waals surface area contributed by atoms with Gasteiger partial charge in [-0.15, -0.1) is 0 Å². The van der Waals surface area contributed by atoms with Crippen molar-refractivity contribution in [2.45, 2.75) is 38.0 Å². The molecule has 19 heavy (non-hydrogen) atoms. The SMILES string of the molecule is CCC(C)SCC(N)Cc1nn(C)c2ccccc12. The molecule has 1 heterocycles. The molecule has 2 aromatic rings. The van der Waals surface area contributed by atoms with E-state index in [9.17, 15) is 0 Å². The second-order valence-electron chi connectivity index (χ2n) is 5.10. The van der Waals surface area contributed by atoms with Crippen LogP contribution in [0.3, 0.4) is 0 Å². The third kappa shape index (κ3) is 3.51. The smallest absolute Gasteiger partial charge is 0.0718 e. The molecule has 0 spiro atoms. The first-order valence-corrected chi connectivity index (χ1v) is 7.94. The fourth-order valence-corrected chi connectivity index (χ4v) is 3.08. The van der Waals surface area contributed by atoms with E-state index in [-0.39, 0.29) is 6.04 Å². The van der Waals surface area contributed by atoms with Crippen LogP contribution in [0.1, 0.15) is 26.0 Å². The summed E-state index contributed by atoms with van der Waals surface area (Å²) in [7, 11) is 1.99. The predicted octanol–water partition coefficient (Wildman–Crippen LogP) is 2.97. The van der Waals surface area contributed by atoms with Crippen molar-refractivity contribution in [3.05, 3.63) is 30.0 Å². The average molecular weight is 277 g/mol. The molecule has 4 heteroatoms. The summed E-state index contributed by atoms with van der Waals surface area (Å²) in [6, 6.07) is 8.52. The Labute approximate surface area is 119 Å². The maximum Gasteiger partial charge on any atom is 0.0718 e. The number of aryl methyl sites for hydroxylation is 1. The van der Waals surface area contributed by atoms with E-state index < -0.39 is 0 Å². The Morgan fingerprint density at radius 1 is 1.37 bits per heavy atom. The monoisotopic (exact) mass is 277 g/mol. The summed E-state index contributed by atoms with van der Waals surface area (Å²) in [5, 5.41) is 6.52. The topological polar surface area (TPSA) is 43.8 Å². The number of hydrogen-bond donors (Lipinski definition) is 1. The van der Waals surface area contributed by atoms with Gasteiger partial charge in [-0.05, 0) is 12.5 Å². The number of nitrogens with two attached hydrogens (primary N) is 1. The van der Waals surface area contributed by atoms with Crippen LogP contribution < -0.4 is 5.73 Å². The van der Waals surface area contributed by atoms with E-state index in [4.69, 9.17) is 5.73 Å². The Bertz CT molecular complexity index is 535. The summed E-state index contributed by atoms with van der Waals surface area (Å²) in [5.74, 6) is 1.000. The van der Waals surface area contributed by atoms with Gasteiger partial charge in [0.1, 0.15) is 0 Å². The zero-order valence-corrected chi connectivity index (χ0v) is 12.8. The molecule has 0 amide bonds. The number of para-hydroxylation sites is 1. The summed E-state index contributed by atoms with van der Waals surface area (Å²) in [6.45, 7) is 4.48. The summed E-state index contributed by atoms with van der Waals surface area (Å²) in [4.78, 5) is 0. The van der Waals surface area contributed by atoms with Gasteiger partial charge in [-0.3, -0.25) is 4.68 Å². The quantitative estimate of drug-likeness (QED) is 0.883. The standard InChI is InChI=1S/C15H23N3S/c1-4-11(2)19-10-12(16)9-14-13-7-5-6-8-15(13)18(3)17-14/h5-8,11-12H,4,9-10,16H2,1-3H3. The molecule has 104 valence electrons. The van der Waals surface area contributed by atoms with Crippen molar-refractivity contribution >= 4 is 22.7 Å². The van der Waals surface area contributed by atoms with Crippen molar-refractivity contribution in [3.63, 3.8) is 0 Å². The lowest BCUT2D eigenvalue weighted by Gasteiger charge is -2.13. The van der Waals surface area contributed by atoms with Crippen LogP contribution in [0.5, 0.6) is 0 Å². The fourth-order valence-electron chi connectivity index (χ4n) is 2.15. The molecule has 2 N–H and O–H groups in total. The van der Waals surface area contributed by atoms with Crippen LogP contribution in [0.2, 0.25) is 0 Å². The average Bonchev–Trinajstić information content (AvgIpc) is 2.73. The molecule has 1 aromatic carbocycles. The second kappa shape index (κ2) is 6.44. The third-order valence-electron chi connectivity index (χ3n) is 3.46. The minimum Gasteiger partial charge on any atom is -0.327 e. The number of benzene rings is 1. The van der Waals surface area contributed by atoms with Crippen molar-refractivity contribution < 1.29 is 0 Å². The van der Waals surface area contributed by atoms with E-state index in [0.29, 0.717) is 5.25 Å².